The molecule has 5 heteroatoms. The summed E-state index contributed by atoms with van der Waals surface area (Å²) < 4.78 is 25.3. The van der Waals surface area contributed by atoms with Gasteiger partial charge < -0.3 is 10.2 Å². The summed E-state index contributed by atoms with van der Waals surface area (Å²) in [7, 11) is 0. The first kappa shape index (κ1) is 10.4. The van der Waals surface area contributed by atoms with Gasteiger partial charge in [0.15, 0.2) is 17.4 Å². The molecule has 0 bridgehead atoms. The minimum atomic E-state index is -1.32. The normalized spacial score (nSPS) is 10.1. The molecule has 1 rings (SSSR count). The summed E-state index contributed by atoms with van der Waals surface area (Å²) in [6.07, 6.45) is -0.134. The van der Waals surface area contributed by atoms with Crippen LogP contribution in [0.5, 0.6) is 5.75 Å². The van der Waals surface area contributed by atoms with Crippen molar-refractivity contribution >= 4 is 5.97 Å². The highest BCUT2D eigenvalue weighted by Crippen LogP contribution is 2.21. The van der Waals surface area contributed by atoms with E-state index in [-0.39, 0.29) is 18.4 Å². The lowest BCUT2D eigenvalue weighted by atomic mass is 10.1. The number of aromatic hydroxyl groups is 1. The SMILES string of the molecule is O=C(O)CCc1cc(O)c(F)c(F)c1. The number of carboxylic acid groups (broad SMARTS) is 1. The van der Waals surface area contributed by atoms with E-state index in [9.17, 15) is 13.6 Å². The summed E-state index contributed by atoms with van der Waals surface area (Å²) in [4.78, 5) is 10.2. The molecule has 0 unspecified atom stereocenters. The topological polar surface area (TPSA) is 57.5 Å². The zero-order valence-corrected chi connectivity index (χ0v) is 7.13. The largest absolute Gasteiger partial charge is 0.505 e. The Balaban J connectivity index is 2.84. The number of rotatable bonds is 3. The van der Waals surface area contributed by atoms with Gasteiger partial charge in [0.2, 0.25) is 0 Å². The lowest BCUT2D eigenvalue weighted by Gasteiger charge is -2.02. The maximum absolute atomic E-state index is 12.7. The smallest absolute Gasteiger partial charge is 0.303 e. The molecule has 3 nitrogen and oxygen atoms in total. The lowest BCUT2D eigenvalue weighted by Crippen LogP contribution is -1.98. The molecule has 0 aliphatic heterocycles. The first-order valence-electron chi connectivity index (χ1n) is 3.89. The van der Waals surface area contributed by atoms with Gasteiger partial charge in [-0.3, -0.25) is 4.79 Å². The van der Waals surface area contributed by atoms with Crippen LogP contribution < -0.4 is 0 Å². The molecule has 0 aromatic heterocycles. The first-order chi connectivity index (χ1) is 6.50. The van der Waals surface area contributed by atoms with Gasteiger partial charge in [0, 0.05) is 6.42 Å². The molecular formula is C9H8F2O3. The van der Waals surface area contributed by atoms with Crippen molar-refractivity contribution in [2.45, 2.75) is 12.8 Å². The van der Waals surface area contributed by atoms with Crippen molar-refractivity contribution < 1.29 is 23.8 Å². The van der Waals surface area contributed by atoms with Crippen molar-refractivity contribution in [3.8, 4) is 5.75 Å². The Kier molecular flexibility index (Phi) is 3.01. The zero-order chi connectivity index (χ0) is 10.7. The molecule has 0 amide bonds. The Morgan fingerprint density at radius 2 is 2.00 bits per heavy atom. The van der Waals surface area contributed by atoms with Crippen LogP contribution in [-0.2, 0) is 11.2 Å². The number of phenols is 1. The second-order valence-corrected chi connectivity index (χ2v) is 2.80. The van der Waals surface area contributed by atoms with Crippen LogP contribution in [0.25, 0.3) is 0 Å². The summed E-state index contributed by atoms with van der Waals surface area (Å²) in [6.45, 7) is 0. The van der Waals surface area contributed by atoms with Gasteiger partial charge in [-0.1, -0.05) is 0 Å². The predicted octanol–water partition coefficient (Wildman–Crippen LogP) is 1.69. The van der Waals surface area contributed by atoms with Crippen molar-refractivity contribution in [3.63, 3.8) is 0 Å². The number of phenolic OH excluding ortho intramolecular Hbond substituents is 1. The highest BCUT2D eigenvalue weighted by atomic mass is 19.2. The van der Waals surface area contributed by atoms with Gasteiger partial charge in [-0.05, 0) is 24.1 Å². The third-order valence-electron chi connectivity index (χ3n) is 1.70. The number of benzene rings is 1. The molecule has 0 fully saturated rings. The van der Waals surface area contributed by atoms with Crippen LogP contribution in [-0.4, -0.2) is 16.2 Å². The molecule has 0 aliphatic rings. The number of carbonyl (C=O) groups is 1. The van der Waals surface area contributed by atoms with E-state index in [2.05, 4.69) is 0 Å². The van der Waals surface area contributed by atoms with E-state index in [0.29, 0.717) is 0 Å². The van der Waals surface area contributed by atoms with Crippen molar-refractivity contribution in [2.24, 2.45) is 0 Å². The molecule has 0 aliphatic carbocycles. The Hall–Kier alpha value is -1.65. The van der Waals surface area contributed by atoms with Crippen LogP contribution in [0.4, 0.5) is 8.78 Å². The van der Waals surface area contributed by atoms with Gasteiger partial charge in [0.05, 0.1) is 0 Å². The molecule has 0 saturated heterocycles. The van der Waals surface area contributed by atoms with Gasteiger partial charge in [0.25, 0.3) is 0 Å². The van der Waals surface area contributed by atoms with Crippen molar-refractivity contribution in [1.82, 2.24) is 0 Å². The van der Waals surface area contributed by atoms with Gasteiger partial charge in [-0.15, -0.1) is 0 Å². The fourth-order valence-corrected chi connectivity index (χ4v) is 1.02. The van der Waals surface area contributed by atoms with Gasteiger partial charge in [-0.2, -0.15) is 4.39 Å². The number of aliphatic carboxylic acids is 1. The number of hydrogen-bond donors (Lipinski definition) is 2. The fourth-order valence-electron chi connectivity index (χ4n) is 1.02. The van der Waals surface area contributed by atoms with Crippen LogP contribution >= 0.6 is 0 Å². The third-order valence-corrected chi connectivity index (χ3v) is 1.70. The van der Waals surface area contributed by atoms with E-state index in [4.69, 9.17) is 10.2 Å². The van der Waals surface area contributed by atoms with Crippen molar-refractivity contribution in [1.29, 1.82) is 0 Å². The highest BCUT2D eigenvalue weighted by molar-refractivity contribution is 5.67. The minimum Gasteiger partial charge on any atom is -0.505 e. The summed E-state index contributed by atoms with van der Waals surface area (Å²) in [5.41, 5.74) is 0.254. The van der Waals surface area contributed by atoms with Crippen molar-refractivity contribution in [2.75, 3.05) is 0 Å². The zero-order valence-electron chi connectivity index (χ0n) is 7.13. The Morgan fingerprint density at radius 3 is 2.50 bits per heavy atom. The number of carboxylic acids is 1. The van der Waals surface area contributed by atoms with Gasteiger partial charge in [0.1, 0.15) is 0 Å². The Bertz CT molecular complexity index is 340. The Labute approximate surface area is 78.6 Å². The van der Waals surface area contributed by atoms with Crippen LogP contribution in [0.1, 0.15) is 12.0 Å². The van der Waals surface area contributed by atoms with E-state index >= 15 is 0 Å². The molecule has 2 N–H and O–H groups in total. The van der Waals surface area contributed by atoms with Gasteiger partial charge in [-0.25, -0.2) is 4.39 Å². The minimum absolute atomic E-state index is 0.0556. The van der Waals surface area contributed by atoms with Crippen molar-refractivity contribution in [3.05, 3.63) is 29.3 Å². The standard InChI is InChI=1S/C9H8F2O3/c10-6-3-5(1-2-8(13)14)4-7(12)9(6)11/h3-4,12H,1-2H2,(H,13,14). The Morgan fingerprint density at radius 1 is 1.36 bits per heavy atom. The molecule has 1 aromatic rings. The molecule has 0 spiro atoms. The molecule has 0 atom stereocenters. The van der Waals surface area contributed by atoms with Crippen LogP contribution in [0.2, 0.25) is 0 Å². The van der Waals surface area contributed by atoms with E-state index in [1.165, 1.54) is 0 Å². The summed E-state index contributed by atoms with van der Waals surface area (Å²) >= 11 is 0. The fraction of sp³-hybridized carbons (Fsp3) is 0.222. The highest BCUT2D eigenvalue weighted by Gasteiger charge is 2.10. The van der Waals surface area contributed by atoms with E-state index in [1.54, 1.807) is 0 Å². The van der Waals surface area contributed by atoms with Crippen LogP contribution in [0.3, 0.4) is 0 Å². The summed E-state index contributed by atoms with van der Waals surface area (Å²) in [5.74, 6) is -4.32. The molecule has 0 heterocycles. The molecule has 1 aromatic carbocycles. The predicted molar refractivity (Wildman–Crippen MR) is 44.0 cm³/mol. The van der Waals surface area contributed by atoms with Crippen LogP contribution in [0, 0.1) is 11.6 Å². The van der Waals surface area contributed by atoms with Gasteiger partial charge >= 0.3 is 5.97 Å². The van der Waals surface area contributed by atoms with Crippen LogP contribution in [0.15, 0.2) is 12.1 Å². The average molecular weight is 202 g/mol. The maximum atomic E-state index is 12.7. The lowest BCUT2D eigenvalue weighted by molar-refractivity contribution is -0.136. The maximum Gasteiger partial charge on any atom is 0.303 e. The second-order valence-electron chi connectivity index (χ2n) is 2.80. The number of halogens is 2. The molecular weight excluding hydrogens is 194 g/mol. The molecule has 76 valence electrons. The summed E-state index contributed by atoms with van der Waals surface area (Å²) in [6, 6.07) is 1.89. The third kappa shape index (κ3) is 2.42. The molecule has 14 heavy (non-hydrogen) atoms. The van der Waals surface area contributed by atoms with E-state index in [1.807, 2.05) is 0 Å². The average Bonchev–Trinajstić information content (AvgIpc) is 2.10. The van der Waals surface area contributed by atoms with E-state index in [0.717, 1.165) is 12.1 Å². The summed E-state index contributed by atoms with van der Waals surface area (Å²) in [5, 5.41) is 17.2. The first-order valence-corrected chi connectivity index (χ1v) is 3.89. The number of aryl methyl sites for hydroxylation is 1. The van der Waals surface area contributed by atoms with E-state index < -0.39 is 23.4 Å². The monoisotopic (exact) mass is 202 g/mol. The molecule has 0 radical (unpaired) electrons. The quantitative estimate of drug-likeness (QED) is 0.784. The number of hydrogen-bond acceptors (Lipinski definition) is 2. The molecule has 0 saturated carbocycles. The second kappa shape index (κ2) is 4.04.